The summed E-state index contributed by atoms with van der Waals surface area (Å²) >= 11 is 0. The summed E-state index contributed by atoms with van der Waals surface area (Å²) < 4.78 is 0. The van der Waals surface area contributed by atoms with Crippen LogP contribution in [-0.4, -0.2) is 29.6 Å². The van der Waals surface area contributed by atoms with Crippen molar-refractivity contribution in [3.8, 4) is 0 Å². The van der Waals surface area contributed by atoms with Gasteiger partial charge in [0.25, 0.3) is 5.91 Å². The molecule has 1 aromatic rings. The van der Waals surface area contributed by atoms with Crippen molar-refractivity contribution in [3.63, 3.8) is 0 Å². The zero-order chi connectivity index (χ0) is 18.4. The Kier molecular flexibility index (Phi) is 6.12. The molecular weight excluding hydrogens is 316 g/mol. The van der Waals surface area contributed by atoms with Gasteiger partial charge in [0.2, 0.25) is 0 Å². The van der Waals surface area contributed by atoms with Gasteiger partial charge in [0, 0.05) is 31.2 Å². The minimum Gasteiger partial charge on any atom is -0.511 e. The molecule has 134 valence electrons. The average Bonchev–Trinajstić information content (AvgIpc) is 2.53. The fourth-order valence-corrected chi connectivity index (χ4v) is 2.77. The van der Waals surface area contributed by atoms with Gasteiger partial charge >= 0.3 is 0 Å². The monoisotopic (exact) mass is 342 g/mol. The number of benzene rings is 1. The number of hydrogen-bond acceptors (Lipinski definition) is 4. The lowest BCUT2D eigenvalue weighted by Gasteiger charge is -2.28. The number of carbonyl (C=O) groups is 2. The average molecular weight is 342 g/mol. The fourth-order valence-electron chi connectivity index (χ4n) is 2.77. The minimum atomic E-state index is -0.217. The Morgan fingerprint density at radius 1 is 1.28 bits per heavy atom. The Morgan fingerprint density at radius 3 is 2.56 bits per heavy atom. The van der Waals surface area contributed by atoms with Crippen molar-refractivity contribution >= 4 is 23.6 Å². The number of amides is 1. The summed E-state index contributed by atoms with van der Waals surface area (Å²) in [6, 6.07) is 6.85. The van der Waals surface area contributed by atoms with Gasteiger partial charge in [0.1, 0.15) is 5.76 Å². The third-order valence-electron chi connectivity index (χ3n) is 4.18. The summed E-state index contributed by atoms with van der Waals surface area (Å²) in [5, 5.41) is 12.9. The number of aliphatic imine (C=N–C) groups is 1. The van der Waals surface area contributed by atoms with E-state index in [4.69, 9.17) is 0 Å². The molecule has 0 atom stereocenters. The molecule has 0 spiro atoms. The Labute approximate surface area is 148 Å². The maximum atomic E-state index is 12.1. The third kappa shape index (κ3) is 5.28. The predicted molar refractivity (Wildman–Crippen MR) is 99.5 cm³/mol. The van der Waals surface area contributed by atoms with E-state index in [9.17, 15) is 14.7 Å². The van der Waals surface area contributed by atoms with Crippen molar-refractivity contribution in [3.05, 3.63) is 41.2 Å². The van der Waals surface area contributed by atoms with Crippen LogP contribution in [0.1, 0.15) is 56.8 Å². The van der Waals surface area contributed by atoms with Crippen LogP contribution in [0.3, 0.4) is 0 Å². The van der Waals surface area contributed by atoms with Crippen LogP contribution in [0, 0.1) is 5.41 Å². The number of aliphatic hydroxyl groups is 1. The van der Waals surface area contributed by atoms with Gasteiger partial charge in [-0.3, -0.25) is 14.6 Å². The van der Waals surface area contributed by atoms with Crippen LogP contribution < -0.4 is 5.32 Å². The predicted octanol–water partition coefficient (Wildman–Crippen LogP) is 4.12. The van der Waals surface area contributed by atoms with Gasteiger partial charge in [-0.25, -0.2) is 0 Å². The Bertz CT molecular complexity index is 700. The largest absolute Gasteiger partial charge is 0.511 e. The first kappa shape index (κ1) is 18.9. The molecule has 0 aliphatic heterocycles. The first-order valence-corrected chi connectivity index (χ1v) is 8.70. The van der Waals surface area contributed by atoms with Gasteiger partial charge in [-0.2, -0.15) is 0 Å². The maximum Gasteiger partial charge on any atom is 0.251 e. The van der Waals surface area contributed by atoms with Crippen LogP contribution in [0.5, 0.6) is 0 Å². The summed E-state index contributed by atoms with van der Waals surface area (Å²) in [7, 11) is 0. The molecule has 0 saturated carbocycles. The SMILES string of the molecule is CCCCNC(=O)c1ccc(N=CC2=C(O)CC(C)(C)CC2=O)cc1. The molecular formula is C20H26N2O3. The van der Waals surface area contributed by atoms with Gasteiger partial charge in [-0.1, -0.05) is 27.2 Å². The number of unbranched alkanes of at least 4 members (excludes halogenated alkanes) is 1. The number of hydrogen-bond donors (Lipinski definition) is 2. The number of nitrogens with one attached hydrogen (secondary N) is 1. The lowest BCUT2D eigenvalue weighted by Crippen LogP contribution is -2.26. The van der Waals surface area contributed by atoms with Gasteiger partial charge in [0.05, 0.1) is 11.3 Å². The van der Waals surface area contributed by atoms with Gasteiger partial charge < -0.3 is 10.4 Å². The molecule has 5 nitrogen and oxygen atoms in total. The van der Waals surface area contributed by atoms with E-state index >= 15 is 0 Å². The van der Waals surface area contributed by atoms with Crippen LogP contribution in [-0.2, 0) is 4.79 Å². The molecule has 0 heterocycles. The van der Waals surface area contributed by atoms with E-state index in [0.29, 0.717) is 30.6 Å². The standard InChI is InChI=1S/C20H26N2O3/c1-4-5-10-21-19(25)14-6-8-15(9-7-14)22-13-16-17(23)11-20(2,3)12-18(16)24/h6-9,13,23H,4-5,10-12H2,1-3H3,(H,21,25). The van der Waals surface area contributed by atoms with Crippen molar-refractivity contribution in [2.24, 2.45) is 10.4 Å². The van der Waals surface area contributed by atoms with E-state index in [1.54, 1.807) is 24.3 Å². The van der Waals surface area contributed by atoms with Crippen LogP contribution in [0.4, 0.5) is 5.69 Å². The lowest BCUT2D eigenvalue weighted by molar-refractivity contribution is -0.117. The quantitative estimate of drug-likeness (QED) is 0.603. The van der Waals surface area contributed by atoms with Crippen LogP contribution in [0.2, 0.25) is 0 Å². The summed E-state index contributed by atoms with van der Waals surface area (Å²) in [6.07, 6.45) is 4.28. The highest BCUT2D eigenvalue weighted by atomic mass is 16.3. The summed E-state index contributed by atoms with van der Waals surface area (Å²) in [4.78, 5) is 28.4. The van der Waals surface area contributed by atoms with E-state index in [2.05, 4.69) is 17.2 Å². The third-order valence-corrected chi connectivity index (χ3v) is 4.18. The molecule has 0 fully saturated rings. The highest BCUT2D eigenvalue weighted by Crippen LogP contribution is 2.35. The number of allylic oxidation sites excluding steroid dienone is 2. The van der Waals surface area contributed by atoms with Crippen LogP contribution in [0.15, 0.2) is 40.6 Å². The molecule has 0 aromatic heterocycles. The molecule has 0 bridgehead atoms. The maximum absolute atomic E-state index is 12.1. The molecule has 0 radical (unpaired) electrons. The van der Waals surface area contributed by atoms with Crippen LogP contribution >= 0.6 is 0 Å². The van der Waals surface area contributed by atoms with Crippen molar-refractivity contribution < 1.29 is 14.7 Å². The number of nitrogens with zero attached hydrogens (tertiary/aromatic N) is 1. The zero-order valence-corrected chi connectivity index (χ0v) is 15.1. The molecule has 5 heteroatoms. The summed E-state index contributed by atoms with van der Waals surface area (Å²) in [6.45, 7) is 6.66. The zero-order valence-electron chi connectivity index (χ0n) is 15.1. The molecule has 1 amide bonds. The van der Waals surface area contributed by atoms with Crippen molar-refractivity contribution in [1.82, 2.24) is 5.32 Å². The van der Waals surface area contributed by atoms with E-state index in [1.807, 2.05) is 13.8 Å². The number of rotatable bonds is 6. The molecule has 2 rings (SSSR count). The Hall–Kier alpha value is -2.43. The molecule has 1 aromatic carbocycles. The first-order chi connectivity index (χ1) is 11.8. The lowest BCUT2D eigenvalue weighted by atomic mass is 9.77. The van der Waals surface area contributed by atoms with Crippen molar-refractivity contribution in [2.75, 3.05) is 6.54 Å². The second kappa shape index (κ2) is 8.10. The number of Topliss-reactive ketones (excluding diaryl/α,β-unsaturated/α-hetero) is 1. The topological polar surface area (TPSA) is 78.8 Å². The second-order valence-electron chi connectivity index (χ2n) is 7.22. The minimum absolute atomic E-state index is 0.0931. The molecule has 1 aliphatic carbocycles. The van der Waals surface area contributed by atoms with Gasteiger partial charge in [-0.05, 0) is 36.1 Å². The second-order valence-corrected chi connectivity index (χ2v) is 7.22. The number of carbonyl (C=O) groups excluding carboxylic acids is 2. The van der Waals surface area contributed by atoms with E-state index in [0.717, 1.165) is 12.8 Å². The fraction of sp³-hybridized carbons (Fsp3) is 0.450. The molecule has 0 unspecified atom stereocenters. The van der Waals surface area contributed by atoms with E-state index < -0.39 is 0 Å². The first-order valence-electron chi connectivity index (χ1n) is 8.70. The van der Waals surface area contributed by atoms with Gasteiger partial charge in [-0.15, -0.1) is 0 Å². The summed E-state index contributed by atoms with van der Waals surface area (Å²) in [5.41, 5.74) is 1.27. The highest BCUT2D eigenvalue weighted by molar-refractivity contribution is 6.14. The van der Waals surface area contributed by atoms with E-state index in [1.165, 1.54) is 6.21 Å². The molecule has 25 heavy (non-hydrogen) atoms. The van der Waals surface area contributed by atoms with E-state index in [-0.39, 0.29) is 28.4 Å². The van der Waals surface area contributed by atoms with Crippen molar-refractivity contribution in [2.45, 2.75) is 46.5 Å². The molecule has 2 N–H and O–H groups in total. The molecule has 0 saturated heterocycles. The highest BCUT2D eigenvalue weighted by Gasteiger charge is 2.32. The van der Waals surface area contributed by atoms with Crippen LogP contribution in [0.25, 0.3) is 0 Å². The Morgan fingerprint density at radius 2 is 1.96 bits per heavy atom. The van der Waals surface area contributed by atoms with Gasteiger partial charge in [0.15, 0.2) is 5.78 Å². The Balaban J connectivity index is 2.05. The smallest absolute Gasteiger partial charge is 0.251 e. The normalized spacial score (nSPS) is 17.2. The number of aliphatic hydroxyl groups excluding tert-OH is 1. The summed E-state index contributed by atoms with van der Waals surface area (Å²) in [5.74, 6) is -0.102. The van der Waals surface area contributed by atoms with Crippen molar-refractivity contribution in [1.29, 1.82) is 0 Å². The molecule has 1 aliphatic rings. The number of ketones is 1.